The van der Waals surface area contributed by atoms with E-state index >= 15 is 0 Å². The van der Waals surface area contributed by atoms with E-state index in [0.29, 0.717) is 17.9 Å². The highest BCUT2D eigenvalue weighted by Gasteiger charge is 2.14. The van der Waals surface area contributed by atoms with Crippen LogP contribution in [0.25, 0.3) is 10.9 Å². The van der Waals surface area contributed by atoms with Crippen LogP contribution >= 0.6 is 15.9 Å². The lowest BCUT2D eigenvalue weighted by Gasteiger charge is -2.07. The Labute approximate surface area is 107 Å². The van der Waals surface area contributed by atoms with Crippen molar-refractivity contribution in [1.82, 2.24) is 4.98 Å². The van der Waals surface area contributed by atoms with Crippen molar-refractivity contribution in [2.24, 2.45) is 0 Å². The molecule has 0 aliphatic carbocycles. The van der Waals surface area contributed by atoms with Gasteiger partial charge in [-0.1, -0.05) is 15.9 Å². The zero-order valence-corrected chi connectivity index (χ0v) is 10.8. The fourth-order valence-electron chi connectivity index (χ4n) is 1.56. The van der Waals surface area contributed by atoms with Gasteiger partial charge in [-0.3, -0.25) is 4.98 Å². The number of halogens is 1. The highest BCUT2D eigenvalue weighted by molar-refractivity contribution is 9.10. The van der Waals surface area contributed by atoms with E-state index in [1.54, 1.807) is 6.92 Å². The Morgan fingerprint density at radius 1 is 1.53 bits per heavy atom. The number of nitrogen functional groups attached to an aromatic ring is 1. The van der Waals surface area contributed by atoms with Gasteiger partial charge >= 0.3 is 5.97 Å². The summed E-state index contributed by atoms with van der Waals surface area (Å²) in [5, 5.41) is 0.741. The average Bonchev–Trinajstić information content (AvgIpc) is 2.30. The van der Waals surface area contributed by atoms with Gasteiger partial charge in [0.2, 0.25) is 0 Å². The summed E-state index contributed by atoms with van der Waals surface area (Å²) in [6.45, 7) is 2.06. The zero-order chi connectivity index (χ0) is 12.4. The first-order chi connectivity index (χ1) is 8.13. The number of nitrogens with two attached hydrogens (primary N) is 1. The minimum absolute atomic E-state index is 0.303. The van der Waals surface area contributed by atoms with Gasteiger partial charge in [0.1, 0.15) is 5.56 Å². The Bertz CT molecular complexity index is 584. The van der Waals surface area contributed by atoms with E-state index in [9.17, 15) is 4.79 Å². The maximum atomic E-state index is 11.6. The van der Waals surface area contributed by atoms with Crippen LogP contribution in [0, 0.1) is 0 Å². The van der Waals surface area contributed by atoms with Gasteiger partial charge in [-0.2, -0.15) is 0 Å². The predicted octanol–water partition coefficient (Wildman–Crippen LogP) is 2.76. The Kier molecular flexibility index (Phi) is 3.28. The smallest absolute Gasteiger partial charge is 0.341 e. The van der Waals surface area contributed by atoms with Crippen LogP contribution in [0.2, 0.25) is 0 Å². The lowest BCUT2D eigenvalue weighted by atomic mass is 10.1. The summed E-state index contributed by atoms with van der Waals surface area (Å²) < 4.78 is 5.81. The lowest BCUT2D eigenvalue weighted by Crippen LogP contribution is -2.09. The molecular formula is C12H11BrN2O2. The summed E-state index contributed by atoms with van der Waals surface area (Å²) in [5.41, 5.74) is 7.41. The summed E-state index contributed by atoms with van der Waals surface area (Å²) in [6, 6.07) is 5.55. The Morgan fingerprint density at radius 3 is 3.00 bits per heavy atom. The third kappa shape index (κ3) is 2.24. The summed E-state index contributed by atoms with van der Waals surface area (Å²) in [4.78, 5) is 15.8. The molecule has 0 saturated heterocycles. The molecule has 0 saturated carbocycles. The largest absolute Gasteiger partial charge is 0.462 e. The van der Waals surface area contributed by atoms with Crippen LogP contribution in [0.15, 0.2) is 28.9 Å². The van der Waals surface area contributed by atoms with Crippen LogP contribution in [0.1, 0.15) is 17.3 Å². The maximum Gasteiger partial charge on any atom is 0.341 e. The van der Waals surface area contributed by atoms with Crippen molar-refractivity contribution in [2.45, 2.75) is 6.92 Å². The monoisotopic (exact) mass is 294 g/mol. The molecule has 5 heteroatoms. The normalized spacial score (nSPS) is 10.5. The number of ether oxygens (including phenoxy) is 1. The molecule has 2 rings (SSSR count). The lowest BCUT2D eigenvalue weighted by molar-refractivity contribution is 0.0527. The maximum absolute atomic E-state index is 11.6. The number of benzene rings is 1. The molecule has 0 aliphatic rings. The number of hydrogen-bond acceptors (Lipinski definition) is 4. The predicted molar refractivity (Wildman–Crippen MR) is 69.8 cm³/mol. The fourth-order valence-corrected chi connectivity index (χ4v) is 1.92. The summed E-state index contributed by atoms with van der Waals surface area (Å²) >= 11 is 3.36. The van der Waals surface area contributed by atoms with E-state index in [1.165, 1.54) is 6.20 Å². The fraction of sp³-hybridized carbons (Fsp3) is 0.167. The van der Waals surface area contributed by atoms with Crippen LogP contribution in [-0.2, 0) is 4.74 Å². The number of carbonyl (C=O) groups excluding carboxylic acids is 1. The van der Waals surface area contributed by atoms with E-state index in [-0.39, 0.29) is 0 Å². The molecule has 0 fully saturated rings. The molecule has 0 amide bonds. The Balaban J connectivity index is 2.60. The van der Waals surface area contributed by atoms with Crippen molar-refractivity contribution in [2.75, 3.05) is 12.3 Å². The van der Waals surface area contributed by atoms with Crippen molar-refractivity contribution in [3.63, 3.8) is 0 Å². The molecule has 0 bridgehead atoms. The van der Waals surface area contributed by atoms with Gasteiger partial charge in [-0.05, 0) is 25.1 Å². The quantitative estimate of drug-likeness (QED) is 0.865. The van der Waals surface area contributed by atoms with Gasteiger partial charge in [-0.15, -0.1) is 0 Å². The van der Waals surface area contributed by atoms with Crippen molar-refractivity contribution >= 4 is 38.5 Å². The number of esters is 1. The molecule has 4 nitrogen and oxygen atoms in total. The molecule has 17 heavy (non-hydrogen) atoms. The minimum Gasteiger partial charge on any atom is -0.462 e. The van der Waals surface area contributed by atoms with Crippen molar-refractivity contribution < 1.29 is 9.53 Å². The van der Waals surface area contributed by atoms with Crippen molar-refractivity contribution in [3.05, 3.63) is 34.4 Å². The molecular weight excluding hydrogens is 284 g/mol. The standard InChI is InChI=1S/C12H11BrN2O2/c1-2-17-12(16)9-6-15-10-4-3-7(13)5-8(10)11(9)14/h3-6H,2H2,1H3,(H2,14,15). The summed E-state index contributed by atoms with van der Waals surface area (Å²) in [7, 11) is 0. The zero-order valence-electron chi connectivity index (χ0n) is 9.24. The number of aromatic nitrogens is 1. The first kappa shape index (κ1) is 11.9. The van der Waals surface area contributed by atoms with Gasteiger partial charge in [-0.25, -0.2) is 4.79 Å². The molecule has 0 unspecified atom stereocenters. The second-order valence-corrected chi connectivity index (χ2v) is 4.38. The van der Waals surface area contributed by atoms with E-state index < -0.39 is 5.97 Å². The van der Waals surface area contributed by atoms with Crippen LogP contribution in [-0.4, -0.2) is 17.6 Å². The number of anilines is 1. The second kappa shape index (κ2) is 4.71. The molecule has 0 aliphatic heterocycles. The van der Waals surface area contributed by atoms with Crippen LogP contribution < -0.4 is 5.73 Å². The minimum atomic E-state index is -0.445. The number of hydrogen-bond donors (Lipinski definition) is 1. The molecule has 2 N–H and O–H groups in total. The van der Waals surface area contributed by atoms with Crippen LogP contribution in [0.4, 0.5) is 5.69 Å². The highest BCUT2D eigenvalue weighted by atomic mass is 79.9. The van der Waals surface area contributed by atoms with Gasteiger partial charge in [0.15, 0.2) is 0 Å². The van der Waals surface area contributed by atoms with E-state index in [2.05, 4.69) is 20.9 Å². The van der Waals surface area contributed by atoms with Crippen LogP contribution in [0.3, 0.4) is 0 Å². The summed E-state index contributed by atoms with van der Waals surface area (Å²) in [6.07, 6.45) is 1.45. The van der Waals surface area contributed by atoms with E-state index in [0.717, 1.165) is 15.4 Å². The number of pyridine rings is 1. The molecule has 1 heterocycles. The van der Waals surface area contributed by atoms with Gasteiger partial charge in [0.05, 0.1) is 17.8 Å². The molecule has 88 valence electrons. The topological polar surface area (TPSA) is 65.2 Å². The SMILES string of the molecule is CCOC(=O)c1cnc2ccc(Br)cc2c1N. The number of carbonyl (C=O) groups is 1. The number of fused-ring (bicyclic) bond motifs is 1. The van der Waals surface area contributed by atoms with Gasteiger partial charge in [0.25, 0.3) is 0 Å². The molecule has 1 aromatic heterocycles. The third-order valence-corrected chi connectivity index (χ3v) is 2.86. The molecule has 0 spiro atoms. The molecule has 0 atom stereocenters. The van der Waals surface area contributed by atoms with Crippen molar-refractivity contribution in [3.8, 4) is 0 Å². The van der Waals surface area contributed by atoms with Crippen molar-refractivity contribution in [1.29, 1.82) is 0 Å². The van der Waals surface area contributed by atoms with Gasteiger partial charge in [0, 0.05) is 16.1 Å². The first-order valence-corrected chi connectivity index (χ1v) is 5.93. The Morgan fingerprint density at radius 2 is 2.29 bits per heavy atom. The number of rotatable bonds is 2. The first-order valence-electron chi connectivity index (χ1n) is 5.14. The second-order valence-electron chi connectivity index (χ2n) is 3.47. The Hall–Kier alpha value is -1.62. The number of nitrogens with zero attached hydrogens (tertiary/aromatic N) is 1. The highest BCUT2D eigenvalue weighted by Crippen LogP contribution is 2.26. The van der Waals surface area contributed by atoms with Gasteiger partial charge < -0.3 is 10.5 Å². The third-order valence-electron chi connectivity index (χ3n) is 2.37. The van der Waals surface area contributed by atoms with Crippen LogP contribution in [0.5, 0.6) is 0 Å². The van der Waals surface area contributed by atoms with E-state index in [1.807, 2.05) is 18.2 Å². The molecule has 1 aromatic carbocycles. The molecule has 2 aromatic rings. The average molecular weight is 295 g/mol. The van der Waals surface area contributed by atoms with E-state index in [4.69, 9.17) is 10.5 Å². The summed E-state index contributed by atoms with van der Waals surface area (Å²) in [5.74, 6) is -0.445. The molecule has 0 radical (unpaired) electrons.